The standard InChI is InChI=1S/C16H17FN2O3S/c1-19(2)23(21,22)15-9-3-12(4-10-15)11-16(20)18-14-7-5-13(17)6-8-14/h3-10H,11H2,1-2H3,(H,18,20). The molecule has 0 aliphatic rings. The molecule has 2 aromatic carbocycles. The molecule has 1 N–H and O–H groups in total. The largest absolute Gasteiger partial charge is 0.326 e. The summed E-state index contributed by atoms with van der Waals surface area (Å²) in [6.07, 6.45) is 0.0969. The summed E-state index contributed by atoms with van der Waals surface area (Å²) in [4.78, 5) is 12.1. The maximum absolute atomic E-state index is 12.8. The van der Waals surface area contributed by atoms with Gasteiger partial charge in [-0.2, -0.15) is 0 Å². The molecule has 0 spiro atoms. The van der Waals surface area contributed by atoms with E-state index in [1.54, 1.807) is 12.1 Å². The van der Waals surface area contributed by atoms with Crippen molar-refractivity contribution in [3.8, 4) is 0 Å². The van der Waals surface area contributed by atoms with Crippen molar-refractivity contribution in [1.29, 1.82) is 0 Å². The van der Waals surface area contributed by atoms with Gasteiger partial charge in [-0.1, -0.05) is 12.1 Å². The Kier molecular flexibility index (Phi) is 5.12. The van der Waals surface area contributed by atoms with E-state index >= 15 is 0 Å². The molecule has 0 saturated carbocycles. The Bertz CT molecular complexity index is 785. The summed E-state index contributed by atoms with van der Waals surface area (Å²) in [6, 6.07) is 11.6. The predicted molar refractivity (Wildman–Crippen MR) is 86.0 cm³/mol. The third-order valence-corrected chi connectivity index (χ3v) is 5.02. The Morgan fingerprint density at radius 3 is 2.13 bits per heavy atom. The number of nitrogens with one attached hydrogen (secondary N) is 1. The van der Waals surface area contributed by atoms with Crippen molar-refractivity contribution in [2.45, 2.75) is 11.3 Å². The van der Waals surface area contributed by atoms with Crippen molar-refractivity contribution in [3.05, 3.63) is 59.9 Å². The summed E-state index contributed by atoms with van der Waals surface area (Å²) in [7, 11) is -0.562. The molecule has 7 heteroatoms. The zero-order valence-electron chi connectivity index (χ0n) is 12.8. The van der Waals surface area contributed by atoms with Gasteiger partial charge in [0, 0.05) is 19.8 Å². The average molecular weight is 336 g/mol. The quantitative estimate of drug-likeness (QED) is 0.911. The molecule has 2 aromatic rings. The van der Waals surface area contributed by atoms with Crippen LogP contribution < -0.4 is 5.32 Å². The maximum atomic E-state index is 12.8. The molecule has 1 amide bonds. The van der Waals surface area contributed by atoms with E-state index in [0.717, 1.165) is 4.31 Å². The molecule has 0 fully saturated rings. The molecule has 0 aromatic heterocycles. The van der Waals surface area contributed by atoms with E-state index in [1.807, 2.05) is 0 Å². The number of hydrogen-bond acceptors (Lipinski definition) is 3. The number of amides is 1. The van der Waals surface area contributed by atoms with Gasteiger partial charge in [-0.25, -0.2) is 17.1 Å². The number of hydrogen-bond donors (Lipinski definition) is 1. The van der Waals surface area contributed by atoms with E-state index in [2.05, 4.69) is 5.32 Å². The molecule has 0 aliphatic carbocycles. The van der Waals surface area contributed by atoms with Crippen LogP contribution in [0.25, 0.3) is 0 Å². The summed E-state index contributed by atoms with van der Waals surface area (Å²) in [6.45, 7) is 0. The second kappa shape index (κ2) is 6.89. The molecule has 0 aliphatic heterocycles. The second-order valence-corrected chi connectivity index (χ2v) is 7.32. The number of sulfonamides is 1. The number of halogens is 1. The normalized spacial score (nSPS) is 11.5. The van der Waals surface area contributed by atoms with Crippen molar-refractivity contribution >= 4 is 21.6 Å². The van der Waals surface area contributed by atoms with E-state index in [0.29, 0.717) is 11.3 Å². The first-order valence-corrected chi connectivity index (χ1v) is 8.30. The number of nitrogens with zero attached hydrogens (tertiary/aromatic N) is 1. The summed E-state index contributed by atoms with van der Waals surface area (Å²) in [5, 5.41) is 2.65. The lowest BCUT2D eigenvalue weighted by molar-refractivity contribution is -0.115. The number of carbonyl (C=O) groups excluding carboxylic acids is 1. The van der Waals surface area contributed by atoms with Crippen molar-refractivity contribution in [2.24, 2.45) is 0 Å². The molecule has 2 rings (SSSR count). The van der Waals surface area contributed by atoms with Crippen LogP contribution in [-0.2, 0) is 21.2 Å². The molecule has 0 bridgehead atoms. The lowest BCUT2D eigenvalue weighted by Crippen LogP contribution is -2.22. The van der Waals surface area contributed by atoms with Crippen molar-refractivity contribution in [3.63, 3.8) is 0 Å². The fourth-order valence-electron chi connectivity index (χ4n) is 1.91. The fraction of sp³-hybridized carbons (Fsp3) is 0.188. The van der Waals surface area contributed by atoms with E-state index in [4.69, 9.17) is 0 Å². The van der Waals surface area contributed by atoms with Crippen LogP contribution in [0, 0.1) is 5.82 Å². The molecule has 0 radical (unpaired) electrons. The molecular weight excluding hydrogens is 319 g/mol. The fourth-order valence-corrected chi connectivity index (χ4v) is 2.82. The van der Waals surface area contributed by atoms with Crippen LogP contribution in [0.3, 0.4) is 0 Å². The highest BCUT2D eigenvalue weighted by molar-refractivity contribution is 7.89. The van der Waals surface area contributed by atoms with Gasteiger partial charge in [0.05, 0.1) is 11.3 Å². The van der Waals surface area contributed by atoms with Crippen LogP contribution in [-0.4, -0.2) is 32.7 Å². The molecular formula is C16H17FN2O3S. The predicted octanol–water partition coefficient (Wildman–Crippen LogP) is 2.26. The average Bonchev–Trinajstić information content (AvgIpc) is 2.50. The lowest BCUT2D eigenvalue weighted by atomic mass is 10.1. The zero-order chi connectivity index (χ0) is 17.0. The van der Waals surface area contributed by atoms with Crippen LogP contribution in [0.15, 0.2) is 53.4 Å². The molecule has 0 saturated heterocycles. The number of carbonyl (C=O) groups is 1. The molecule has 23 heavy (non-hydrogen) atoms. The minimum atomic E-state index is -3.48. The van der Waals surface area contributed by atoms with Gasteiger partial charge in [0.15, 0.2) is 0 Å². The monoisotopic (exact) mass is 336 g/mol. The van der Waals surface area contributed by atoms with Crippen LogP contribution in [0.1, 0.15) is 5.56 Å². The summed E-state index contributed by atoms with van der Waals surface area (Å²) >= 11 is 0. The highest BCUT2D eigenvalue weighted by Gasteiger charge is 2.16. The Balaban J connectivity index is 2.03. The first-order valence-electron chi connectivity index (χ1n) is 6.86. The Morgan fingerprint density at radius 2 is 1.61 bits per heavy atom. The van der Waals surface area contributed by atoms with Gasteiger partial charge in [0.2, 0.25) is 15.9 Å². The minimum Gasteiger partial charge on any atom is -0.326 e. The SMILES string of the molecule is CN(C)S(=O)(=O)c1ccc(CC(=O)Nc2ccc(F)cc2)cc1. The first kappa shape index (κ1) is 17.1. The van der Waals surface area contributed by atoms with Gasteiger partial charge in [0.25, 0.3) is 0 Å². The number of rotatable bonds is 5. The number of benzene rings is 2. The van der Waals surface area contributed by atoms with Gasteiger partial charge >= 0.3 is 0 Å². The topological polar surface area (TPSA) is 66.5 Å². The van der Waals surface area contributed by atoms with Crippen LogP contribution in [0.2, 0.25) is 0 Å². The molecule has 0 unspecified atom stereocenters. The maximum Gasteiger partial charge on any atom is 0.242 e. The second-order valence-electron chi connectivity index (χ2n) is 5.16. The van der Waals surface area contributed by atoms with Gasteiger partial charge in [-0.3, -0.25) is 4.79 Å². The smallest absolute Gasteiger partial charge is 0.242 e. The Morgan fingerprint density at radius 1 is 1.04 bits per heavy atom. The van der Waals surface area contributed by atoms with Crippen LogP contribution >= 0.6 is 0 Å². The van der Waals surface area contributed by atoms with E-state index in [1.165, 1.54) is 50.5 Å². The minimum absolute atomic E-state index is 0.0969. The molecule has 0 atom stereocenters. The van der Waals surface area contributed by atoms with E-state index in [9.17, 15) is 17.6 Å². The first-order chi connectivity index (χ1) is 10.8. The summed E-state index contributed by atoms with van der Waals surface area (Å²) in [5.74, 6) is -0.638. The molecule has 5 nitrogen and oxygen atoms in total. The van der Waals surface area contributed by atoms with Crippen LogP contribution in [0.5, 0.6) is 0 Å². The molecule has 122 valence electrons. The zero-order valence-corrected chi connectivity index (χ0v) is 13.6. The van der Waals surface area contributed by atoms with E-state index < -0.39 is 10.0 Å². The van der Waals surface area contributed by atoms with Crippen molar-refractivity contribution in [1.82, 2.24) is 4.31 Å². The highest BCUT2D eigenvalue weighted by atomic mass is 32.2. The van der Waals surface area contributed by atoms with E-state index in [-0.39, 0.29) is 23.0 Å². The Labute approximate surface area is 134 Å². The summed E-state index contributed by atoms with van der Waals surface area (Å²) in [5.41, 5.74) is 1.19. The third kappa shape index (κ3) is 4.37. The summed E-state index contributed by atoms with van der Waals surface area (Å²) < 4.78 is 37.8. The van der Waals surface area contributed by atoms with Crippen molar-refractivity contribution < 1.29 is 17.6 Å². The lowest BCUT2D eigenvalue weighted by Gasteiger charge is -2.11. The number of anilines is 1. The Hall–Kier alpha value is -2.25. The highest BCUT2D eigenvalue weighted by Crippen LogP contribution is 2.15. The van der Waals surface area contributed by atoms with Gasteiger partial charge < -0.3 is 5.32 Å². The van der Waals surface area contributed by atoms with Crippen LogP contribution in [0.4, 0.5) is 10.1 Å². The van der Waals surface area contributed by atoms with Crippen molar-refractivity contribution in [2.75, 3.05) is 19.4 Å². The molecule has 0 heterocycles. The van der Waals surface area contributed by atoms with Gasteiger partial charge in [0.1, 0.15) is 5.82 Å². The third-order valence-electron chi connectivity index (χ3n) is 3.19. The van der Waals surface area contributed by atoms with Gasteiger partial charge in [-0.15, -0.1) is 0 Å². The van der Waals surface area contributed by atoms with Gasteiger partial charge in [-0.05, 0) is 42.0 Å².